The van der Waals surface area contributed by atoms with Crippen molar-refractivity contribution < 1.29 is 8.42 Å². The van der Waals surface area contributed by atoms with Gasteiger partial charge in [-0.05, 0) is 32.4 Å². The maximum Gasteiger partial charge on any atom is 0.152 e. The highest BCUT2D eigenvalue weighted by molar-refractivity contribution is 7.91. The van der Waals surface area contributed by atoms with E-state index in [0.717, 1.165) is 24.9 Å². The predicted octanol–water partition coefficient (Wildman–Crippen LogP) is 3.17. The average Bonchev–Trinajstić information content (AvgIpc) is 2.34. The zero-order valence-electron chi connectivity index (χ0n) is 13.1. The SMILES string of the molecule is CCCCS(=O)(=O)CC(NCC)c1cc(C)cc(C)c1. The van der Waals surface area contributed by atoms with Crippen molar-refractivity contribution in [3.63, 3.8) is 0 Å². The van der Waals surface area contributed by atoms with Crippen LogP contribution in [0.25, 0.3) is 0 Å². The van der Waals surface area contributed by atoms with Crippen molar-refractivity contribution in [2.24, 2.45) is 0 Å². The Bertz CT molecular complexity index is 503. The summed E-state index contributed by atoms with van der Waals surface area (Å²) in [4.78, 5) is 0. The summed E-state index contributed by atoms with van der Waals surface area (Å²) in [5.74, 6) is 0.472. The van der Waals surface area contributed by atoms with Gasteiger partial charge < -0.3 is 5.32 Å². The third-order valence-electron chi connectivity index (χ3n) is 3.33. The molecule has 0 bridgehead atoms. The molecule has 1 N–H and O–H groups in total. The van der Waals surface area contributed by atoms with Gasteiger partial charge >= 0.3 is 0 Å². The number of unbranched alkanes of at least 4 members (excludes halogenated alkanes) is 1. The van der Waals surface area contributed by atoms with Crippen LogP contribution >= 0.6 is 0 Å². The Kier molecular flexibility index (Phi) is 6.69. The van der Waals surface area contributed by atoms with Gasteiger partial charge in [0.05, 0.1) is 11.5 Å². The number of hydrogen-bond donors (Lipinski definition) is 1. The summed E-state index contributed by atoms with van der Waals surface area (Å²) in [5.41, 5.74) is 3.42. The molecule has 0 aliphatic heterocycles. The molecular formula is C16H27NO2S. The second-order valence-electron chi connectivity index (χ2n) is 5.50. The lowest BCUT2D eigenvalue weighted by atomic mass is 10.0. The van der Waals surface area contributed by atoms with E-state index in [-0.39, 0.29) is 17.5 Å². The van der Waals surface area contributed by atoms with Crippen molar-refractivity contribution >= 4 is 9.84 Å². The summed E-state index contributed by atoms with van der Waals surface area (Å²) in [6.45, 7) is 8.88. The second-order valence-corrected chi connectivity index (χ2v) is 7.73. The monoisotopic (exact) mass is 297 g/mol. The van der Waals surface area contributed by atoms with E-state index in [0.29, 0.717) is 0 Å². The highest BCUT2D eigenvalue weighted by atomic mass is 32.2. The van der Waals surface area contributed by atoms with Crippen molar-refractivity contribution in [2.75, 3.05) is 18.1 Å². The van der Waals surface area contributed by atoms with Crippen molar-refractivity contribution in [1.82, 2.24) is 5.32 Å². The van der Waals surface area contributed by atoms with E-state index >= 15 is 0 Å². The van der Waals surface area contributed by atoms with Gasteiger partial charge in [0.2, 0.25) is 0 Å². The van der Waals surface area contributed by atoms with Crippen molar-refractivity contribution in [1.29, 1.82) is 0 Å². The topological polar surface area (TPSA) is 46.2 Å². The minimum absolute atomic E-state index is 0.111. The maximum absolute atomic E-state index is 12.2. The minimum atomic E-state index is -3.00. The van der Waals surface area contributed by atoms with E-state index in [1.54, 1.807) is 0 Å². The smallest absolute Gasteiger partial charge is 0.152 e. The molecule has 0 heterocycles. The second kappa shape index (κ2) is 7.79. The summed E-state index contributed by atoms with van der Waals surface area (Å²) in [7, 11) is -3.00. The molecule has 0 saturated heterocycles. The molecule has 114 valence electrons. The zero-order chi connectivity index (χ0) is 15.2. The van der Waals surface area contributed by atoms with E-state index in [1.165, 1.54) is 11.1 Å². The van der Waals surface area contributed by atoms with Gasteiger partial charge in [0.15, 0.2) is 9.84 Å². The van der Waals surface area contributed by atoms with E-state index in [2.05, 4.69) is 23.5 Å². The molecule has 0 saturated carbocycles. The lowest BCUT2D eigenvalue weighted by Crippen LogP contribution is -2.29. The summed E-state index contributed by atoms with van der Waals surface area (Å²) in [6, 6.07) is 6.16. The number of benzene rings is 1. The van der Waals surface area contributed by atoms with Gasteiger partial charge in [-0.15, -0.1) is 0 Å². The fourth-order valence-corrected chi connectivity index (χ4v) is 4.15. The normalized spacial score (nSPS) is 13.4. The van der Waals surface area contributed by atoms with Crippen LogP contribution in [0.1, 0.15) is 49.4 Å². The van der Waals surface area contributed by atoms with E-state index in [1.807, 2.05) is 27.7 Å². The summed E-state index contributed by atoms with van der Waals surface area (Å²) in [6.07, 6.45) is 1.66. The fraction of sp³-hybridized carbons (Fsp3) is 0.625. The molecule has 1 aromatic rings. The first-order chi connectivity index (χ1) is 9.38. The van der Waals surface area contributed by atoms with Gasteiger partial charge in [-0.3, -0.25) is 0 Å². The molecule has 1 rings (SSSR count). The maximum atomic E-state index is 12.2. The molecule has 0 aliphatic rings. The zero-order valence-corrected chi connectivity index (χ0v) is 13.9. The highest BCUT2D eigenvalue weighted by Crippen LogP contribution is 2.19. The highest BCUT2D eigenvalue weighted by Gasteiger charge is 2.20. The molecule has 20 heavy (non-hydrogen) atoms. The van der Waals surface area contributed by atoms with Gasteiger partial charge in [0.1, 0.15) is 0 Å². The molecular weight excluding hydrogens is 270 g/mol. The van der Waals surface area contributed by atoms with Crippen LogP contribution in [0.4, 0.5) is 0 Å². The van der Waals surface area contributed by atoms with Crippen LogP contribution in [0, 0.1) is 13.8 Å². The Balaban J connectivity index is 2.93. The Labute approximate surface area is 123 Å². The minimum Gasteiger partial charge on any atom is -0.309 e. The largest absolute Gasteiger partial charge is 0.309 e. The molecule has 0 radical (unpaired) electrons. The summed E-state index contributed by atoms with van der Waals surface area (Å²) < 4.78 is 24.4. The first kappa shape index (κ1) is 17.2. The number of nitrogens with one attached hydrogen (secondary N) is 1. The van der Waals surface area contributed by atoms with Crippen molar-refractivity contribution in [3.8, 4) is 0 Å². The lowest BCUT2D eigenvalue weighted by Gasteiger charge is -2.19. The van der Waals surface area contributed by atoms with Crippen LogP contribution in [0.3, 0.4) is 0 Å². The number of sulfone groups is 1. The third-order valence-corrected chi connectivity index (χ3v) is 5.08. The molecule has 0 fully saturated rings. The molecule has 0 aromatic heterocycles. The number of rotatable bonds is 8. The fourth-order valence-electron chi connectivity index (χ4n) is 2.43. The van der Waals surface area contributed by atoms with Gasteiger partial charge in [-0.2, -0.15) is 0 Å². The molecule has 0 aliphatic carbocycles. The van der Waals surface area contributed by atoms with Gasteiger partial charge in [-0.1, -0.05) is 49.6 Å². The van der Waals surface area contributed by atoms with Crippen LogP contribution in [-0.2, 0) is 9.84 Å². The molecule has 1 atom stereocenters. The molecule has 3 nitrogen and oxygen atoms in total. The molecule has 0 amide bonds. The van der Waals surface area contributed by atoms with Gasteiger partial charge in [0, 0.05) is 6.04 Å². The van der Waals surface area contributed by atoms with Crippen LogP contribution in [-0.4, -0.2) is 26.5 Å². The van der Waals surface area contributed by atoms with Crippen LogP contribution in [0.5, 0.6) is 0 Å². The van der Waals surface area contributed by atoms with Gasteiger partial charge in [0.25, 0.3) is 0 Å². The Hall–Kier alpha value is -0.870. The summed E-state index contributed by atoms with van der Waals surface area (Å²) in [5, 5.41) is 3.31. The van der Waals surface area contributed by atoms with Gasteiger partial charge in [-0.25, -0.2) is 8.42 Å². The first-order valence-corrected chi connectivity index (χ1v) is 9.22. The Morgan fingerprint density at radius 2 is 1.70 bits per heavy atom. The summed E-state index contributed by atoms with van der Waals surface area (Å²) >= 11 is 0. The van der Waals surface area contributed by atoms with E-state index in [4.69, 9.17) is 0 Å². The molecule has 4 heteroatoms. The van der Waals surface area contributed by atoms with Crippen molar-refractivity contribution in [2.45, 2.75) is 46.6 Å². The number of hydrogen-bond acceptors (Lipinski definition) is 3. The van der Waals surface area contributed by atoms with Crippen LogP contribution in [0.2, 0.25) is 0 Å². The third kappa shape index (κ3) is 5.63. The average molecular weight is 297 g/mol. The Morgan fingerprint density at radius 1 is 1.10 bits per heavy atom. The molecule has 1 aromatic carbocycles. The predicted molar refractivity (Wildman–Crippen MR) is 85.9 cm³/mol. The van der Waals surface area contributed by atoms with Crippen LogP contribution in [0.15, 0.2) is 18.2 Å². The Morgan fingerprint density at radius 3 is 2.20 bits per heavy atom. The molecule has 0 spiro atoms. The van der Waals surface area contributed by atoms with E-state index in [9.17, 15) is 8.42 Å². The standard InChI is InChI=1S/C16H27NO2S/c1-5-7-8-20(18,19)12-16(17-6-2)15-10-13(3)9-14(4)11-15/h9-11,16-17H,5-8,12H2,1-4H3. The quantitative estimate of drug-likeness (QED) is 0.801. The lowest BCUT2D eigenvalue weighted by molar-refractivity contribution is 0.557. The number of aryl methyl sites for hydroxylation is 2. The molecule has 1 unspecified atom stereocenters. The van der Waals surface area contributed by atoms with Crippen molar-refractivity contribution in [3.05, 3.63) is 34.9 Å². The van der Waals surface area contributed by atoms with Crippen LogP contribution < -0.4 is 5.32 Å². The first-order valence-electron chi connectivity index (χ1n) is 7.40. The van der Waals surface area contributed by atoms with E-state index < -0.39 is 9.84 Å².